The van der Waals surface area contributed by atoms with Gasteiger partial charge in [0.15, 0.2) is 9.84 Å². The summed E-state index contributed by atoms with van der Waals surface area (Å²) in [5, 5.41) is 4.99. The lowest BCUT2D eigenvalue weighted by molar-refractivity contribution is 0.594. The molecule has 0 saturated carbocycles. The van der Waals surface area contributed by atoms with Crippen LogP contribution in [0.5, 0.6) is 0 Å². The van der Waals surface area contributed by atoms with Crippen LogP contribution in [0.25, 0.3) is 0 Å². The van der Waals surface area contributed by atoms with E-state index in [1.807, 2.05) is 6.07 Å². The zero-order valence-corrected chi connectivity index (χ0v) is 12.8. The molecule has 21 heavy (non-hydrogen) atoms. The topological polar surface area (TPSA) is 94.3 Å². The first-order valence-corrected chi connectivity index (χ1v) is 9.49. The highest BCUT2D eigenvalue weighted by Crippen LogP contribution is 2.14. The van der Waals surface area contributed by atoms with E-state index in [2.05, 4.69) is 0 Å². The van der Waals surface area contributed by atoms with Gasteiger partial charge in [0.1, 0.15) is 0 Å². The quantitative estimate of drug-likeness (QED) is 0.900. The largest absolute Gasteiger partial charge is 0.238 e. The lowest BCUT2D eigenvalue weighted by atomic mass is 10.2. The minimum Gasteiger partial charge on any atom is -0.228 e. The van der Waals surface area contributed by atoms with Crippen molar-refractivity contribution in [3.05, 3.63) is 65.7 Å². The number of hydrogen-bond donors (Lipinski definition) is 1. The summed E-state index contributed by atoms with van der Waals surface area (Å²) >= 11 is 0. The summed E-state index contributed by atoms with van der Waals surface area (Å²) < 4.78 is 46.5. The molecule has 2 rings (SSSR count). The van der Waals surface area contributed by atoms with E-state index in [0.29, 0.717) is 5.56 Å². The molecule has 0 atom stereocenters. The Hall–Kier alpha value is -1.70. The molecule has 0 aliphatic carbocycles. The Morgan fingerprint density at radius 2 is 1.19 bits per heavy atom. The SMILES string of the molecule is NS(=O)(=O)c1ccc(CS(=O)(=O)Cc2ccccc2)cc1. The third-order valence-electron chi connectivity index (χ3n) is 2.87. The highest BCUT2D eigenvalue weighted by atomic mass is 32.2. The molecule has 0 saturated heterocycles. The summed E-state index contributed by atoms with van der Waals surface area (Å²) in [6.45, 7) is 0. The molecule has 0 fully saturated rings. The highest BCUT2D eigenvalue weighted by Gasteiger charge is 2.14. The van der Waals surface area contributed by atoms with Gasteiger partial charge in [0.2, 0.25) is 10.0 Å². The fourth-order valence-corrected chi connectivity index (χ4v) is 3.93. The molecule has 2 aromatic rings. The minimum absolute atomic E-state index is 0.0355. The monoisotopic (exact) mass is 325 g/mol. The molecular weight excluding hydrogens is 310 g/mol. The van der Waals surface area contributed by atoms with E-state index in [9.17, 15) is 16.8 Å². The molecular formula is C14H15NO4S2. The van der Waals surface area contributed by atoms with Crippen molar-refractivity contribution in [2.75, 3.05) is 0 Å². The molecule has 0 heterocycles. The van der Waals surface area contributed by atoms with E-state index in [4.69, 9.17) is 5.14 Å². The number of hydrogen-bond acceptors (Lipinski definition) is 4. The molecule has 0 amide bonds. The maximum Gasteiger partial charge on any atom is 0.238 e. The first kappa shape index (κ1) is 15.7. The zero-order chi connectivity index (χ0) is 15.5. The highest BCUT2D eigenvalue weighted by molar-refractivity contribution is 7.90. The number of primary sulfonamides is 1. The summed E-state index contributed by atoms with van der Waals surface area (Å²) in [5.41, 5.74) is 1.25. The molecule has 0 unspecified atom stereocenters. The van der Waals surface area contributed by atoms with Gasteiger partial charge in [-0.2, -0.15) is 0 Å². The van der Waals surface area contributed by atoms with Gasteiger partial charge in [-0.05, 0) is 23.3 Å². The standard InChI is InChI=1S/C14H15NO4S2/c15-21(18,19)14-8-6-13(7-9-14)11-20(16,17)10-12-4-2-1-3-5-12/h1-9H,10-11H2,(H2,15,18,19). The molecule has 7 heteroatoms. The molecule has 0 radical (unpaired) electrons. The Balaban J connectivity index is 2.14. The maximum atomic E-state index is 12.1. The van der Waals surface area contributed by atoms with E-state index in [1.165, 1.54) is 24.3 Å². The molecule has 112 valence electrons. The average molecular weight is 325 g/mol. The van der Waals surface area contributed by atoms with Gasteiger partial charge in [-0.1, -0.05) is 42.5 Å². The minimum atomic E-state index is -3.76. The average Bonchev–Trinajstić information content (AvgIpc) is 2.38. The van der Waals surface area contributed by atoms with E-state index < -0.39 is 19.9 Å². The van der Waals surface area contributed by atoms with Crippen LogP contribution in [0.2, 0.25) is 0 Å². The molecule has 5 nitrogen and oxygen atoms in total. The number of nitrogens with two attached hydrogens (primary N) is 1. The predicted octanol–water partition coefficient (Wildman–Crippen LogP) is 1.45. The smallest absolute Gasteiger partial charge is 0.228 e. The first-order chi connectivity index (χ1) is 9.76. The van der Waals surface area contributed by atoms with Gasteiger partial charge < -0.3 is 0 Å². The van der Waals surface area contributed by atoms with Crippen LogP contribution in [0.1, 0.15) is 11.1 Å². The fourth-order valence-electron chi connectivity index (χ4n) is 1.91. The van der Waals surface area contributed by atoms with Crippen LogP contribution < -0.4 is 5.14 Å². The first-order valence-electron chi connectivity index (χ1n) is 6.12. The molecule has 0 aromatic heterocycles. The van der Waals surface area contributed by atoms with Crippen LogP contribution in [0.15, 0.2) is 59.5 Å². The van der Waals surface area contributed by atoms with Gasteiger partial charge in [0, 0.05) is 0 Å². The van der Waals surface area contributed by atoms with Crippen LogP contribution >= 0.6 is 0 Å². The second-order valence-corrected chi connectivity index (χ2v) is 8.33. The Bertz CT molecular complexity index is 811. The molecule has 2 N–H and O–H groups in total. The lowest BCUT2D eigenvalue weighted by Crippen LogP contribution is -2.12. The Morgan fingerprint density at radius 3 is 1.67 bits per heavy atom. The molecule has 0 bridgehead atoms. The van der Waals surface area contributed by atoms with E-state index >= 15 is 0 Å². The number of sulfone groups is 1. The Morgan fingerprint density at radius 1 is 0.714 bits per heavy atom. The zero-order valence-electron chi connectivity index (χ0n) is 11.1. The molecule has 0 aliphatic heterocycles. The summed E-state index contributed by atoms with van der Waals surface area (Å²) in [5.74, 6) is -0.197. The number of sulfonamides is 1. The van der Waals surface area contributed by atoms with Crippen molar-refractivity contribution in [1.82, 2.24) is 0 Å². The van der Waals surface area contributed by atoms with Crippen molar-refractivity contribution in [2.45, 2.75) is 16.4 Å². The van der Waals surface area contributed by atoms with Gasteiger partial charge in [-0.15, -0.1) is 0 Å². The maximum absolute atomic E-state index is 12.1. The van der Waals surface area contributed by atoms with Crippen LogP contribution in [0.3, 0.4) is 0 Å². The van der Waals surface area contributed by atoms with Crippen molar-refractivity contribution < 1.29 is 16.8 Å². The van der Waals surface area contributed by atoms with Crippen molar-refractivity contribution in [2.24, 2.45) is 5.14 Å². The fraction of sp³-hybridized carbons (Fsp3) is 0.143. The van der Waals surface area contributed by atoms with Crippen LogP contribution in [-0.4, -0.2) is 16.8 Å². The Labute approximate surface area is 124 Å². The number of rotatable bonds is 5. The third-order valence-corrected chi connectivity index (χ3v) is 5.34. The van der Waals surface area contributed by atoms with E-state index in [0.717, 1.165) is 5.56 Å². The van der Waals surface area contributed by atoms with Crippen LogP contribution in [0.4, 0.5) is 0 Å². The number of benzene rings is 2. The Kier molecular flexibility index (Phi) is 4.46. The summed E-state index contributed by atoms with van der Waals surface area (Å²) in [4.78, 5) is -0.0355. The van der Waals surface area contributed by atoms with E-state index in [1.54, 1.807) is 24.3 Å². The van der Waals surface area contributed by atoms with E-state index in [-0.39, 0.29) is 16.4 Å². The van der Waals surface area contributed by atoms with Gasteiger partial charge in [-0.3, -0.25) is 0 Å². The molecule has 0 aliphatic rings. The van der Waals surface area contributed by atoms with Gasteiger partial charge in [0.05, 0.1) is 16.4 Å². The van der Waals surface area contributed by atoms with Crippen molar-refractivity contribution >= 4 is 19.9 Å². The van der Waals surface area contributed by atoms with Gasteiger partial charge >= 0.3 is 0 Å². The lowest BCUT2D eigenvalue weighted by Gasteiger charge is -2.05. The van der Waals surface area contributed by atoms with Crippen LogP contribution in [-0.2, 0) is 31.4 Å². The van der Waals surface area contributed by atoms with Crippen molar-refractivity contribution in [1.29, 1.82) is 0 Å². The third kappa shape index (κ3) is 4.66. The molecule has 0 spiro atoms. The molecule has 2 aromatic carbocycles. The summed E-state index contributed by atoms with van der Waals surface area (Å²) in [6.07, 6.45) is 0. The van der Waals surface area contributed by atoms with Gasteiger partial charge in [-0.25, -0.2) is 22.0 Å². The van der Waals surface area contributed by atoms with Crippen LogP contribution in [0, 0.1) is 0 Å². The summed E-state index contributed by atoms with van der Waals surface area (Å²) in [7, 11) is -7.08. The van der Waals surface area contributed by atoms with Crippen molar-refractivity contribution in [3.8, 4) is 0 Å². The summed E-state index contributed by atoms with van der Waals surface area (Å²) in [6, 6.07) is 14.4. The normalized spacial score (nSPS) is 12.2. The van der Waals surface area contributed by atoms with Crippen molar-refractivity contribution in [3.63, 3.8) is 0 Å². The predicted molar refractivity (Wildman–Crippen MR) is 80.6 cm³/mol. The van der Waals surface area contributed by atoms with Gasteiger partial charge in [0.25, 0.3) is 0 Å². The second-order valence-electron chi connectivity index (χ2n) is 4.71. The second kappa shape index (κ2) is 5.97.